The molecule has 1 aromatic heterocycles. The second-order valence-corrected chi connectivity index (χ2v) is 7.40. The molecule has 2 heterocycles. The molecule has 1 aromatic rings. The van der Waals surface area contributed by atoms with Gasteiger partial charge in [0.15, 0.2) is 3.92 Å². The van der Waals surface area contributed by atoms with Gasteiger partial charge in [0.05, 0.1) is 0 Å². The van der Waals surface area contributed by atoms with Gasteiger partial charge in [-0.15, -0.1) is 10.2 Å². The lowest BCUT2D eigenvalue weighted by molar-refractivity contribution is 0.860. The standard InChI is InChI=1S/C6H8BrN3S3/c7-5-8-9-6(13-5)10-1-3-11-12-4-2-10/h1-4H2. The second-order valence-electron chi connectivity index (χ2n) is 2.47. The highest BCUT2D eigenvalue weighted by Gasteiger charge is 2.13. The van der Waals surface area contributed by atoms with Crippen molar-refractivity contribution >= 4 is 54.0 Å². The molecule has 0 atom stereocenters. The molecule has 1 aliphatic heterocycles. The van der Waals surface area contributed by atoms with Gasteiger partial charge in [-0.25, -0.2) is 0 Å². The van der Waals surface area contributed by atoms with Gasteiger partial charge in [-0.05, 0) is 15.9 Å². The van der Waals surface area contributed by atoms with Crippen LogP contribution in [0.2, 0.25) is 0 Å². The van der Waals surface area contributed by atoms with Crippen LogP contribution in [-0.2, 0) is 0 Å². The first-order valence-corrected chi connectivity index (χ1v) is 7.94. The van der Waals surface area contributed by atoms with E-state index in [0.717, 1.165) is 22.1 Å². The third kappa shape index (κ3) is 2.74. The van der Waals surface area contributed by atoms with E-state index in [-0.39, 0.29) is 0 Å². The van der Waals surface area contributed by atoms with Crippen LogP contribution in [0.5, 0.6) is 0 Å². The first-order valence-electron chi connectivity index (χ1n) is 3.84. The average Bonchev–Trinajstić information content (AvgIpc) is 2.43. The van der Waals surface area contributed by atoms with Crippen molar-refractivity contribution in [3.63, 3.8) is 0 Å². The minimum atomic E-state index is 0.868. The van der Waals surface area contributed by atoms with E-state index < -0.39 is 0 Å². The highest BCUT2D eigenvalue weighted by Crippen LogP contribution is 2.29. The van der Waals surface area contributed by atoms with Crippen LogP contribution in [-0.4, -0.2) is 34.8 Å². The summed E-state index contributed by atoms with van der Waals surface area (Å²) < 4.78 is 0.868. The zero-order valence-electron chi connectivity index (χ0n) is 6.77. The number of halogens is 1. The molecular weight excluding hydrogens is 290 g/mol. The number of anilines is 1. The van der Waals surface area contributed by atoms with E-state index in [9.17, 15) is 0 Å². The van der Waals surface area contributed by atoms with Gasteiger partial charge in [0.2, 0.25) is 5.13 Å². The Morgan fingerprint density at radius 3 is 2.38 bits per heavy atom. The Hall–Kier alpha value is 0.540. The first-order chi connectivity index (χ1) is 6.36. The van der Waals surface area contributed by atoms with Gasteiger partial charge >= 0.3 is 0 Å². The Kier molecular flexibility index (Phi) is 3.76. The van der Waals surface area contributed by atoms with Crippen molar-refractivity contribution in [2.45, 2.75) is 0 Å². The Morgan fingerprint density at radius 1 is 1.15 bits per heavy atom. The van der Waals surface area contributed by atoms with Gasteiger partial charge < -0.3 is 4.90 Å². The van der Waals surface area contributed by atoms with Crippen molar-refractivity contribution in [2.75, 3.05) is 29.5 Å². The molecule has 0 unspecified atom stereocenters. The minimum Gasteiger partial charge on any atom is -0.345 e. The van der Waals surface area contributed by atoms with Crippen LogP contribution in [0.3, 0.4) is 0 Å². The summed E-state index contributed by atoms with van der Waals surface area (Å²) in [6, 6.07) is 0. The maximum Gasteiger partial charge on any atom is 0.209 e. The van der Waals surface area contributed by atoms with Gasteiger partial charge in [-0.1, -0.05) is 32.9 Å². The van der Waals surface area contributed by atoms with E-state index >= 15 is 0 Å². The van der Waals surface area contributed by atoms with Crippen LogP contribution in [0.25, 0.3) is 0 Å². The van der Waals surface area contributed by atoms with E-state index in [1.165, 1.54) is 11.5 Å². The zero-order valence-corrected chi connectivity index (χ0v) is 10.8. The summed E-state index contributed by atoms with van der Waals surface area (Å²) in [5, 5.41) is 9.10. The van der Waals surface area contributed by atoms with E-state index in [1.54, 1.807) is 11.3 Å². The Bertz CT molecular complexity index is 272. The van der Waals surface area contributed by atoms with Crippen LogP contribution in [0.15, 0.2) is 3.92 Å². The van der Waals surface area contributed by atoms with Crippen molar-refractivity contribution in [2.24, 2.45) is 0 Å². The van der Waals surface area contributed by atoms with Crippen LogP contribution in [0, 0.1) is 0 Å². The topological polar surface area (TPSA) is 29.0 Å². The summed E-state index contributed by atoms with van der Waals surface area (Å²) in [5.41, 5.74) is 0. The molecule has 2 rings (SSSR count). The average molecular weight is 298 g/mol. The van der Waals surface area contributed by atoms with Crippen molar-refractivity contribution in [3.8, 4) is 0 Å². The maximum absolute atomic E-state index is 4.11. The number of nitrogens with zero attached hydrogens (tertiary/aromatic N) is 3. The largest absolute Gasteiger partial charge is 0.345 e. The summed E-state index contributed by atoms with van der Waals surface area (Å²) in [6.45, 7) is 2.17. The fourth-order valence-corrected chi connectivity index (χ4v) is 4.16. The van der Waals surface area contributed by atoms with Crippen molar-refractivity contribution < 1.29 is 0 Å². The minimum absolute atomic E-state index is 0.868. The number of aromatic nitrogens is 2. The molecule has 72 valence electrons. The predicted octanol–water partition coefficient (Wildman–Crippen LogP) is 2.50. The molecule has 0 aliphatic carbocycles. The van der Waals surface area contributed by atoms with E-state index in [2.05, 4.69) is 31.0 Å². The molecule has 0 bridgehead atoms. The predicted molar refractivity (Wildman–Crippen MR) is 64.7 cm³/mol. The Labute approximate surface area is 97.2 Å². The third-order valence-electron chi connectivity index (χ3n) is 1.63. The lowest BCUT2D eigenvalue weighted by Gasteiger charge is -2.16. The van der Waals surface area contributed by atoms with Gasteiger partial charge in [-0.2, -0.15) is 0 Å². The van der Waals surface area contributed by atoms with E-state index in [0.29, 0.717) is 0 Å². The quantitative estimate of drug-likeness (QED) is 0.743. The molecule has 7 heteroatoms. The van der Waals surface area contributed by atoms with Gasteiger partial charge in [0.1, 0.15) is 0 Å². The van der Waals surface area contributed by atoms with Crippen LogP contribution in [0.4, 0.5) is 5.13 Å². The number of rotatable bonds is 1. The van der Waals surface area contributed by atoms with Gasteiger partial charge in [0.25, 0.3) is 0 Å². The highest BCUT2D eigenvalue weighted by molar-refractivity contribution is 9.11. The molecule has 3 nitrogen and oxygen atoms in total. The molecule has 0 saturated carbocycles. The Balaban J connectivity index is 2.06. The molecular formula is C6H8BrN3S3. The first kappa shape index (κ1) is 10.1. The summed E-state index contributed by atoms with van der Waals surface area (Å²) >= 11 is 4.93. The van der Waals surface area contributed by atoms with Crippen molar-refractivity contribution in [3.05, 3.63) is 3.92 Å². The molecule has 0 radical (unpaired) electrons. The second kappa shape index (κ2) is 4.86. The number of hydrogen-bond donors (Lipinski definition) is 0. The third-order valence-corrected chi connectivity index (χ3v) is 5.41. The highest BCUT2D eigenvalue weighted by atomic mass is 79.9. The number of hydrogen-bond acceptors (Lipinski definition) is 6. The molecule has 1 aliphatic rings. The summed E-state index contributed by atoms with van der Waals surface area (Å²) in [5.74, 6) is 2.34. The molecule has 1 saturated heterocycles. The SMILES string of the molecule is Brc1nnc(N2CCSSCC2)s1. The smallest absolute Gasteiger partial charge is 0.209 e. The lowest BCUT2D eigenvalue weighted by Crippen LogP contribution is -2.26. The molecule has 13 heavy (non-hydrogen) atoms. The zero-order chi connectivity index (χ0) is 9.10. The fraction of sp³-hybridized carbons (Fsp3) is 0.667. The Morgan fingerprint density at radius 2 is 1.85 bits per heavy atom. The monoisotopic (exact) mass is 297 g/mol. The molecule has 0 N–H and O–H groups in total. The van der Waals surface area contributed by atoms with Crippen LogP contribution >= 0.6 is 48.9 Å². The van der Waals surface area contributed by atoms with Gasteiger partial charge in [0, 0.05) is 24.6 Å². The molecule has 0 spiro atoms. The van der Waals surface area contributed by atoms with Crippen LogP contribution in [0.1, 0.15) is 0 Å². The molecule has 0 amide bonds. The van der Waals surface area contributed by atoms with Crippen molar-refractivity contribution in [1.82, 2.24) is 10.2 Å². The fourth-order valence-electron chi connectivity index (χ4n) is 1.04. The molecule has 1 fully saturated rings. The van der Waals surface area contributed by atoms with Crippen molar-refractivity contribution in [1.29, 1.82) is 0 Å². The lowest BCUT2D eigenvalue weighted by atomic mass is 10.5. The summed E-state index contributed by atoms with van der Waals surface area (Å²) in [7, 11) is 3.88. The summed E-state index contributed by atoms with van der Waals surface area (Å²) in [4.78, 5) is 2.30. The molecule has 0 aromatic carbocycles. The van der Waals surface area contributed by atoms with Crippen LogP contribution < -0.4 is 4.90 Å². The maximum atomic E-state index is 4.11. The van der Waals surface area contributed by atoms with E-state index in [4.69, 9.17) is 0 Å². The van der Waals surface area contributed by atoms with Gasteiger partial charge in [-0.3, -0.25) is 0 Å². The normalized spacial score (nSPS) is 18.7. The summed E-state index contributed by atoms with van der Waals surface area (Å²) in [6.07, 6.45) is 0. The van der Waals surface area contributed by atoms with E-state index in [1.807, 2.05) is 21.6 Å².